The van der Waals surface area contributed by atoms with Crippen LogP contribution in [0.1, 0.15) is 18.4 Å². The number of hydrogen-bond donors (Lipinski definition) is 2. The van der Waals surface area contributed by atoms with Crippen LogP contribution in [0.4, 0.5) is 0 Å². The molecule has 5 nitrogen and oxygen atoms in total. The molecule has 19 heavy (non-hydrogen) atoms. The van der Waals surface area contributed by atoms with Gasteiger partial charge in [0.05, 0.1) is 6.04 Å². The monoisotopic (exact) mass is 260 g/mol. The number of nitrogens with one attached hydrogen (secondary N) is 2. The molecule has 2 aliphatic heterocycles. The highest BCUT2D eigenvalue weighted by molar-refractivity contribution is 5.90. The van der Waals surface area contributed by atoms with Gasteiger partial charge in [0.25, 0.3) is 0 Å². The van der Waals surface area contributed by atoms with Crippen molar-refractivity contribution in [1.82, 2.24) is 10.6 Å². The van der Waals surface area contributed by atoms with Gasteiger partial charge in [-0.15, -0.1) is 0 Å². The number of para-hydroxylation sites is 1. The summed E-state index contributed by atoms with van der Waals surface area (Å²) in [4.78, 5) is 23.1. The second-order valence-electron chi connectivity index (χ2n) is 4.99. The van der Waals surface area contributed by atoms with Crippen LogP contribution in [-0.2, 0) is 16.0 Å². The van der Waals surface area contributed by atoms with Crippen LogP contribution in [0, 0.1) is 0 Å². The Morgan fingerprint density at radius 1 is 1.37 bits per heavy atom. The van der Waals surface area contributed by atoms with E-state index in [1.165, 1.54) is 0 Å². The lowest BCUT2D eigenvalue weighted by Crippen LogP contribution is -2.49. The molecule has 1 aromatic carbocycles. The SMILES string of the molecule is O=C1CCC(C(=O)NC2COc3ccccc3C2)N1. The number of hydrogen-bond acceptors (Lipinski definition) is 3. The van der Waals surface area contributed by atoms with Gasteiger partial charge in [-0.3, -0.25) is 9.59 Å². The fraction of sp³-hybridized carbons (Fsp3) is 0.429. The van der Waals surface area contributed by atoms with E-state index in [1.54, 1.807) is 0 Å². The van der Waals surface area contributed by atoms with Crippen LogP contribution < -0.4 is 15.4 Å². The van der Waals surface area contributed by atoms with E-state index >= 15 is 0 Å². The third kappa shape index (κ3) is 2.54. The quantitative estimate of drug-likeness (QED) is 0.808. The van der Waals surface area contributed by atoms with E-state index in [-0.39, 0.29) is 23.9 Å². The average molecular weight is 260 g/mol. The Labute approximate surface area is 111 Å². The van der Waals surface area contributed by atoms with Crippen molar-refractivity contribution in [3.05, 3.63) is 29.8 Å². The van der Waals surface area contributed by atoms with Crippen LogP contribution in [-0.4, -0.2) is 30.5 Å². The van der Waals surface area contributed by atoms with Gasteiger partial charge in [0.2, 0.25) is 11.8 Å². The van der Waals surface area contributed by atoms with Gasteiger partial charge in [-0.1, -0.05) is 18.2 Å². The minimum atomic E-state index is -0.385. The molecule has 3 rings (SSSR count). The van der Waals surface area contributed by atoms with Crippen molar-refractivity contribution < 1.29 is 14.3 Å². The number of carbonyl (C=O) groups excluding carboxylic acids is 2. The zero-order valence-electron chi connectivity index (χ0n) is 10.5. The van der Waals surface area contributed by atoms with Gasteiger partial charge in [-0.2, -0.15) is 0 Å². The average Bonchev–Trinajstić information content (AvgIpc) is 2.85. The van der Waals surface area contributed by atoms with Gasteiger partial charge in [0, 0.05) is 6.42 Å². The molecule has 1 aromatic rings. The summed E-state index contributed by atoms with van der Waals surface area (Å²) in [5.41, 5.74) is 1.11. The van der Waals surface area contributed by atoms with E-state index < -0.39 is 0 Å². The van der Waals surface area contributed by atoms with E-state index in [9.17, 15) is 9.59 Å². The number of ether oxygens (including phenoxy) is 1. The predicted molar refractivity (Wildman–Crippen MR) is 68.7 cm³/mol. The molecule has 0 bridgehead atoms. The third-order valence-electron chi connectivity index (χ3n) is 3.54. The minimum absolute atomic E-state index is 0.0279. The molecule has 100 valence electrons. The Hall–Kier alpha value is -2.04. The number of amides is 2. The lowest BCUT2D eigenvalue weighted by Gasteiger charge is -2.26. The number of carbonyl (C=O) groups is 2. The second kappa shape index (κ2) is 4.91. The maximum absolute atomic E-state index is 12.0. The van der Waals surface area contributed by atoms with Crippen LogP contribution in [0.15, 0.2) is 24.3 Å². The first-order chi connectivity index (χ1) is 9.22. The summed E-state index contributed by atoms with van der Waals surface area (Å²) in [5.74, 6) is 0.728. The molecule has 2 amide bonds. The van der Waals surface area contributed by atoms with Crippen molar-refractivity contribution in [2.75, 3.05) is 6.61 Å². The van der Waals surface area contributed by atoms with Gasteiger partial charge in [0.15, 0.2) is 0 Å². The third-order valence-corrected chi connectivity index (χ3v) is 3.54. The zero-order valence-corrected chi connectivity index (χ0v) is 10.5. The van der Waals surface area contributed by atoms with E-state index in [2.05, 4.69) is 10.6 Å². The van der Waals surface area contributed by atoms with E-state index in [0.717, 1.165) is 17.7 Å². The molecule has 0 radical (unpaired) electrons. The molecule has 2 aliphatic rings. The van der Waals surface area contributed by atoms with Crippen molar-refractivity contribution >= 4 is 11.8 Å². The molecule has 1 fully saturated rings. The summed E-state index contributed by atoms with van der Waals surface area (Å²) in [6.07, 6.45) is 1.78. The number of fused-ring (bicyclic) bond motifs is 1. The topological polar surface area (TPSA) is 67.4 Å². The highest BCUT2D eigenvalue weighted by Gasteiger charge is 2.29. The normalized spacial score (nSPS) is 25.2. The largest absolute Gasteiger partial charge is 0.491 e. The molecule has 2 atom stereocenters. The zero-order chi connectivity index (χ0) is 13.2. The van der Waals surface area contributed by atoms with Crippen LogP contribution in [0.2, 0.25) is 0 Å². The molecule has 0 aliphatic carbocycles. The first-order valence-corrected chi connectivity index (χ1v) is 6.53. The molecule has 2 unspecified atom stereocenters. The molecular formula is C14H16N2O3. The molecule has 2 heterocycles. The van der Waals surface area contributed by atoms with Gasteiger partial charge < -0.3 is 15.4 Å². The van der Waals surface area contributed by atoms with Crippen LogP contribution in [0.25, 0.3) is 0 Å². The van der Waals surface area contributed by atoms with Gasteiger partial charge >= 0.3 is 0 Å². The minimum Gasteiger partial charge on any atom is -0.491 e. The molecular weight excluding hydrogens is 244 g/mol. The summed E-state index contributed by atoms with van der Waals surface area (Å²) in [6.45, 7) is 0.476. The smallest absolute Gasteiger partial charge is 0.242 e. The maximum atomic E-state index is 12.0. The Bertz CT molecular complexity index is 515. The molecule has 0 saturated carbocycles. The van der Waals surface area contributed by atoms with Crippen molar-refractivity contribution in [3.63, 3.8) is 0 Å². The summed E-state index contributed by atoms with van der Waals surface area (Å²) < 4.78 is 5.62. The van der Waals surface area contributed by atoms with Crippen LogP contribution in [0.5, 0.6) is 5.75 Å². The van der Waals surface area contributed by atoms with Gasteiger partial charge in [-0.05, 0) is 24.5 Å². The van der Waals surface area contributed by atoms with E-state index in [4.69, 9.17) is 4.74 Å². The molecule has 0 spiro atoms. The lowest BCUT2D eigenvalue weighted by molar-refractivity contribution is -0.126. The Kier molecular flexibility index (Phi) is 3.11. The van der Waals surface area contributed by atoms with Gasteiger partial charge in [-0.25, -0.2) is 0 Å². The van der Waals surface area contributed by atoms with Gasteiger partial charge in [0.1, 0.15) is 18.4 Å². The molecule has 2 N–H and O–H groups in total. The maximum Gasteiger partial charge on any atom is 0.242 e. The first-order valence-electron chi connectivity index (χ1n) is 6.53. The van der Waals surface area contributed by atoms with E-state index in [0.29, 0.717) is 19.4 Å². The summed E-state index contributed by atoms with van der Waals surface area (Å²) in [7, 11) is 0. The molecule has 5 heteroatoms. The van der Waals surface area contributed by atoms with Crippen molar-refractivity contribution in [1.29, 1.82) is 0 Å². The van der Waals surface area contributed by atoms with Crippen molar-refractivity contribution in [3.8, 4) is 5.75 Å². The summed E-state index contributed by atoms with van der Waals surface area (Å²) >= 11 is 0. The first kappa shape index (κ1) is 12.0. The number of rotatable bonds is 2. The number of benzene rings is 1. The highest BCUT2D eigenvalue weighted by atomic mass is 16.5. The summed E-state index contributed by atoms with van der Waals surface area (Å²) in [6, 6.07) is 7.43. The lowest BCUT2D eigenvalue weighted by atomic mass is 10.0. The van der Waals surface area contributed by atoms with Crippen LogP contribution >= 0.6 is 0 Å². The molecule has 0 aromatic heterocycles. The Morgan fingerprint density at radius 3 is 3.00 bits per heavy atom. The predicted octanol–water partition coefficient (Wildman–Crippen LogP) is 0.385. The Morgan fingerprint density at radius 2 is 2.21 bits per heavy atom. The fourth-order valence-electron chi connectivity index (χ4n) is 2.53. The Balaban J connectivity index is 1.60. The fourth-order valence-corrected chi connectivity index (χ4v) is 2.53. The summed E-state index contributed by atoms with van der Waals surface area (Å²) in [5, 5.41) is 5.61. The van der Waals surface area contributed by atoms with Crippen LogP contribution in [0.3, 0.4) is 0 Å². The van der Waals surface area contributed by atoms with Crippen molar-refractivity contribution in [2.24, 2.45) is 0 Å². The highest BCUT2D eigenvalue weighted by Crippen LogP contribution is 2.24. The second-order valence-corrected chi connectivity index (χ2v) is 4.99. The van der Waals surface area contributed by atoms with Crippen molar-refractivity contribution in [2.45, 2.75) is 31.3 Å². The standard InChI is InChI=1S/C14H16N2O3/c17-13-6-5-11(16-13)14(18)15-10-7-9-3-1-2-4-12(9)19-8-10/h1-4,10-11H,5-8H2,(H,15,18)(H,16,17). The van der Waals surface area contributed by atoms with E-state index in [1.807, 2.05) is 24.3 Å². The molecule has 1 saturated heterocycles.